The summed E-state index contributed by atoms with van der Waals surface area (Å²) in [5.74, 6) is -0.474. The molecule has 106 valence electrons. The summed E-state index contributed by atoms with van der Waals surface area (Å²) in [5.41, 5.74) is 5.62. The molecule has 1 aliphatic rings. The maximum Gasteiger partial charge on any atom is 0.243 e. The van der Waals surface area contributed by atoms with E-state index in [4.69, 9.17) is 5.73 Å². The lowest BCUT2D eigenvalue weighted by atomic mass is 10.0. The van der Waals surface area contributed by atoms with Gasteiger partial charge in [0.05, 0.1) is 0 Å². The van der Waals surface area contributed by atoms with Gasteiger partial charge in [0.2, 0.25) is 10.0 Å². The van der Waals surface area contributed by atoms with Crippen LogP contribution in [-0.4, -0.2) is 14.5 Å². The molecule has 0 bridgehead atoms. The largest absolute Gasteiger partial charge is 0.399 e. The van der Waals surface area contributed by atoms with Crippen LogP contribution in [0.2, 0.25) is 0 Å². The van der Waals surface area contributed by atoms with Gasteiger partial charge >= 0.3 is 0 Å². The Bertz CT molecular complexity index is 554. The lowest BCUT2D eigenvalue weighted by molar-refractivity contribution is 0.423. The zero-order valence-electron chi connectivity index (χ0n) is 10.9. The van der Waals surface area contributed by atoms with Crippen molar-refractivity contribution in [1.82, 2.24) is 4.72 Å². The number of anilines is 1. The number of nitrogens with one attached hydrogen (secondary N) is 1. The number of hydrogen-bond acceptors (Lipinski definition) is 3. The standard InChI is InChI=1S/C13H19FN2O2S/c1-9(10-4-2-3-5-10)16-19(17,18)13-7-6-11(15)8-12(13)14/h6-10,16H,2-5,15H2,1H3. The maximum atomic E-state index is 13.7. The first-order chi connectivity index (χ1) is 8.90. The van der Waals surface area contributed by atoms with Gasteiger partial charge in [0, 0.05) is 11.7 Å². The van der Waals surface area contributed by atoms with E-state index in [0.717, 1.165) is 31.7 Å². The van der Waals surface area contributed by atoms with Crippen LogP contribution in [0.5, 0.6) is 0 Å². The zero-order chi connectivity index (χ0) is 14.0. The van der Waals surface area contributed by atoms with Gasteiger partial charge in [-0.2, -0.15) is 0 Å². The summed E-state index contributed by atoms with van der Waals surface area (Å²) in [4.78, 5) is -0.341. The SMILES string of the molecule is CC(NS(=O)(=O)c1ccc(N)cc1F)C1CCCC1. The molecule has 0 aliphatic heterocycles. The average Bonchev–Trinajstić information content (AvgIpc) is 2.80. The maximum absolute atomic E-state index is 13.7. The molecule has 1 aromatic rings. The number of hydrogen-bond donors (Lipinski definition) is 2. The number of benzene rings is 1. The van der Waals surface area contributed by atoms with Crippen LogP contribution in [0.1, 0.15) is 32.6 Å². The Morgan fingerprint density at radius 3 is 2.58 bits per heavy atom. The first-order valence-electron chi connectivity index (χ1n) is 6.47. The first-order valence-corrected chi connectivity index (χ1v) is 7.96. The second-order valence-corrected chi connectivity index (χ2v) is 6.83. The fourth-order valence-corrected chi connectivity index (χ4v) is 3.97. The molecule has 1 fully saturated rings. The van der Waals surface area contributed by atoms with Crippen molar-refractivity contribution in [3.8, 4) is 0 Å². The third-order valence-electron chi connectivity index (χ3n) is 3.69. The molecule has 0 saturated heterocycles. The molecule has 3 N–H and O–H groups in total. The van der Waals surface area contributed by atoms with Crippen molar-refractivity contribution in [2.75, 3.05) is 5.73 Å². The Labute approximate surface area is 113 Å². The Balaban J connectivity index is 2.17. The molecule has 0 radical (unpaired) electrons. The second kappa shape index (κ2) is 5.46. The van der Waals surface area contributed by atoms with Crippen molar-refractivity contribution in [2.24, 2.45) is 5.92 Å². The summed E-state index contributed by atoms with van der Waals surface area (Å²) in [6.07, 6.45) is 4.31. The monoisotopic (exact) mass is 286 g/mol. The van der Waals surface area contributed by atoms with E-state index in [1.165, 1.54) is 12.1 Å². The van der Waals surface area contributed by atoms with Crippen LogP contribution in [-0.2, 0) is 10.0 Å². The van der Waals surface area contributed by atoms with Crippen molar-refractivity contribution in [3.63, 3.8) is 0 Å². The van der Waals surface area contributed by atoms with Gasteiger partial charge in [-0.1, -0.05) is 12.8 Å². The van der Waals surface area contributed by atoms with E-state index in [2.05, 4.69) is 4.72 Å². The van der Waals surface area contributed by atoms with Crippen molar-refractivity contribution in [2.45, 2.75) is 43.5 Å². The third-order valence-corrected chi connectivity index (χ3v) is 5.29. The van der Waals surface area contributed by atoms with Crippen LogP contribution in [0.15, 0.2) is 23.1 Å². The molecule has 0 amide bonds. The number of sulfonamides is 1. The van der Waals surface area contributed by atoms with Crippen LogP contribution in [0.3, 0.4) is 0 Å². The summed E-state index contributed by atoms with van der Waals surface area (Å²) in [6.45, 7) is 1.84. The van der Waals surface area contributed by atoms with Gasteiger partial charge < -0.3 is 5.73 Å². The van der Waals surface area contributed by atoms with E-state index in [0.29, 0.717) is 5.92 Å². The molecule has 2 rings (SSSR count). The van der Waals surface area contributed by atoms with Gasteiger partial charge in [0.1, 0.15) is 10.7 Å². The lowest BCUT2D eigenvalue weighted by Crippen LogP contribution is -2.37. The molecule has 0 spiro atoms. The van der Waals surface area contributed by atoms with E-state index >= 15 is 0 Å². The number of nitrogens with two attached hydrogens (primary N) is 1. The van der Waals surface area contributed by atoms with Crippen molar-refractivity contribution in [3.05, 3.63) is 24.0 Å². The first kappa shape index (κ1) is 14.3. The van der Waals surface area contributed by atoms with Crippen LogP contribution >= 0.6 is 0 Å². The summed E-state index contributed by atoms with van der Waals surface area (Å²) < 4.78 is 40.5. The summed E-state index contributed by atoms with van der Waals surface area (Å²) in [5, 5.41) is 0. The van der Waals surface area contributed by atoms with Crippen molar-refractivity contribution < 1.29 is 12.8 Å². The van der Waals surface area contributed by atoms with Crippen LogP contribution in [0.4, 0.5) is 10.1 Å². The van der Waals surface area contributed by atoms with E-state index in [1.807, 2.05) is 6.92 Å². The minimum atomic E-state index is -3.82. The molecule has 1 atom stereocenters. The molecular weight excluding hydrogens is 267 g/mol. The number of rotatable bonds is 4. The fourth-order valence-electron chi connectivity index (χ4n) is 2.60. The van der Waals surface area contributed by atoms with E-state index in [1.54, 1.807) is 0 Å². The van der Waals surface area contributed by atoms with Crippen LogP contribution < -0.4 is 10.5 Å². The number of nitrogen functional groups attached to an aromatic ring is 1. The zero-order valence-corrected chi connectivity index (χ0v) is 11.7. The quantitative estimate of drug-likeness (QED) is 0.834. The van der Waals surface area contributed by atoms with E-state index in [9.17, 15) is 12.8 Å². The molecule has 1 aliphatic carbocycles. The number of halogens is 1. The highest BCUT2D eigenvalue weighted by atomic mass is 32.2. The smallest absolute Gasteiger partial charge is 0.243 e. The van der Waals surface area contributed by atoms with Gasteiger partial charge in [0.15, 0.2) is 0 Å². The van der Waals surface area contributed by atoms with Gasteiger partial charge in [-0.05, 0) is 43.9 Å². The Morgan fingerprint density at radius 1 is 1.37 bits per heavy atom. The molecular formula is C13H19FN2O2S. The van der Waals surface area contributed by atoms with Crippen molar-refractivity contribution >= 4 is 15.7 Å². The Morgan fingerprint density at radius 2 is 2.00 bits per heavy atom. The third kappa shape index (κ3) is 3.25. The predicted octanol–water partition coefficient (Wildman–Crippen LogP) is 2.26. The van der Waals surface area contributed by atoms with Gasteiger partial charge in [-0.15, -0.1) is 0 Å². The molecule has 6 heteroatoms. The van der Waals surface area contributed by atoms with Gasteiger partial charge in [0.25, 0.3) is 0 Å². The molecule has 1 unspecified atom stereocenters. The minimum Gasteiger partial charge on any atom is -0.399 e. The fraction of sp³-hybridized carbons (Fsp3) is 0.538. The normalized spacial score (nSPS) is 18.6. The summed E-state index contributed by atoms with van der Waals surface area (Å²) in [6, 6.07) is 3.44. The van der Waals surface area contributed by atoms with Gasteiger partial charge in [-0.3, -0.25) is 0 Å². The molecule has 0 heterocycles. The molecule has 0 aromatic heterocycles. The average molecular weight is 286 g/mol. The highest BCUT2D eigenvalue weighted by molar-refractivity contribution is 7.89. The second-order valence-electron chi connectivity index (χ2n) is 5.14. The lowest BCUT2D eigenvalue weighted by Gasteiger charge is -2.20. The molecule has 4 nitrogen and oxygen atoms in total. The van der Waals surface area contributed by atoms with Crippen LogP contribution in [0.25, 0.3) is 0 Å². The highest BCUT2D eigenvalue weighted by Crippen LogP contribution is 2.28. The van der Waals surface area contributed by atoms with Crippen LogP contribution in [0, 0.1) is 11.7 Å². The Kier molecular flexibility index (Phi) is 4.10. The summed E-state index contributed by atoms with van der Waals surface area (Å²) >= 11 is 0. The van der Waals surface area contributed by atoms with E-state index < -0.39 is 15.8 Å². The molecule has 1 aromatic carbocycles. The molecule has 1 saturated carbocycles. The molecule has 19 heavy (non-hydrogen) atoms. The van der Waals surface area contributed by atoms with Gasteiger partial charge in [-0.25, -0.2) is 17.5 Å². The minimum absolute atomic E-state index is 0.176. The highest BCUT2D eigenvalue weighted by Gasteiger charge is 2.27. The van der Waals surface area contributed by atoms with Crippen molar-refractivity contribution in [1.29, 1.82) is 0 Å². The van der Waals surface area contributed by atoms with E-state index in [-0.39, 0.29) is 16.6 Å². The summed E-state index contributed by atoms with van der Waals surface area (Å²) in [7, 11) is -3.82. The predicted molar refractivity (Wildman–Crippen MR) is 72.6 cm³/mol. The Hall–Kier alpha value is -1.14. The topological polar surface area (TPSA) is 72.2 Å².